The zero-order valence-electron chi connectivity index (χ0n) is 12.5. The molecule has 0 aliphatic carbocycles. The van der Waals surface area contributed by atoms with Crippen LogP contribution in [0.4, 0.5) is 10.1 Å². The lowest BCUT2D eigenvalue weighted by Crippen LogP contribution is -2.28. The number of rotatable bonds is 6. The van der Waals surface area contributed by atoms with Crippen molar-refractivity contribution in [2.24, 2.45) is 0 Å². The van der Waals surface area contributed by atoms with Crippen LogP contribution >= 0.6 is 0 Å². The van der Waals surface area contributed by atoms with E-state index >= 15 is 0 Å². The maximum Gasteiger partial charge on any atom is 0.328 e. The normalized spacial score (nSPS) is 11.6. The van der Waals surface area contributed by atoms with Gasteiger partial charge in [-0.15, -0.1) is 0 Å². The fourth-order valence-electron chi connectivity index (χ4n) is 1.83. The lowest BCUT2D eigenvalue weighted by atomic mass is 10.2. The summed E-state index contributed by atoms with van der Waals surface area (Å²) in [4.78, 5) is 11.5. The lowest BCUT2D eigenvalue weighted by Gasteiger charge is -2.14. The highest BCUT2D eigenvalue weighted by Gasteiger charge is 2.13. The average Bonchev–Trinajstić information content (AvgIpc) is 2.51. The third-order valence-electron chi connectivity index (χ3n) is 2.93. The van der Waals surface area contributed by atoms with Gasteiger partial charge >= 0.3 is 5.97 Å². The molecule has 1 N–H and O–H groups in total. The molecular formula is C17H18FNO3. The van der Waals surface area contributed by atoms with Crippen molar-refractivity contribution in [3.8, 4) is 11.5 Å². The highest BCUT2D eigenvalue weighted by atomic mass is 19.1. The Kier molecular flexibility index (Phi) is 5.36. The molecule has 116 valence electrons. The van der Waals surface area contributed by atoms with Crippen LogP contribution in [0.15, 0.2) is 48.5 Å². The Bertz CT molecular complexity index is 611. The molecule has 0 aromatic heterocycles. The second-order valence-electron chi connectivity index (χ2n) is 4.70. The molecule has 0 radical (unpaired) electrons. The van der Waals surface area contributed by atoms with Gasteiger partial charge in [0.25, 0.3) is 0 Å². The van der Waals surface area contributed by atoms with Crippen molar-refractivity contribution in [2.45, 2.75) is 19.9 Å². The van der Waals surface area contributed by atoms with Gasteiger partial charge in [-0.1, -0.05) is 0 Å². The Labute approximate surface area is 128 Å². The first-order valence-corrected chi connectivity index (χ1v) is 7.05. The number of halogens is 1. The molecule has 4 nitrogen and oxygen atoms in total. The molecular weight excluding hydrogens is 285 g/mol. The molecule has 0 aliphatic heterocycles. The number of nitrogens with one attached hydrogen (secondary N) is 1. The number of benzene rings is 2. The SMILES string of the molecule is CCOC(=O)[C@H](C)Nc1ccc(Oc2ccc(F)cc2)cc1. The van der Waals surface area contributed by atoms with Crippen LogP contribution in [-0.4, -0.2) is 18.6 Å². The van der Waals surface area contributed by atoms with Gasteiger partial charge in [-0.3, -0.25) is 0 Å². The molecule has 0 saturated heterocycles. The van der Waals surface area contributed by atoms with Gasteiger partial charge in [0.15, 0.2) is 0 Å². The molecule has 0 bridgehead atoms. The van der Waals surface area contributed by atoms with E-state index in [9.17, 15) is 9.18 Å². The summed E-state index contributed by atoms with van der Waals surface area (Å²) in [6, 6.07) is 12.5. The van der Waals surface area contributed by atoms with Gasteiger partial charge in [-0.05, 0) is 62.4 Å². The van der Waals surface area contributed by atoms with Crippen molar-refractivity contribution in [1.29, 1.82) is 0 Å². The molecule has 22 heavy (non-hydrogen) atoms. The number of esters is 1. The highest BCUT2D eigenvalue weighted by molar-refractivity contribution is 5.78. The van der Waals surface area contributed by atoms with Crippen molar-refractivity contribution in [2.75, 3.05) is 11.9 Å². The van der Waals surface area contributed by atoms with E-state index in [1.165, 1.54) is 12.1 Å². The van der Waals surface area contributed by atoms with Crippen molar-refractivity contribution >= 4 is 11.7 Å². The molecule has 1 atom stereocenters. The van der Waals surface area contributed by atoms with Crippen molar-refractivity contribution < 1.29 is 18.7 Å². The quantitative estimate of drug-likeness (QED) is 0.820. The largest absolute Gasteiger partial charge is 0.464 e. The van der Waals surface area contributed by atoms with Crippen LogP contribution in [0.5, 0.6) is 11.5 Å². The average molecular weight is 303 g/mol. The Morgan fingerprint density at radius 1 is 1.09 bits per heavy atom. The van der Waals surface area contributed by atoms with E-state index in [1.807, 2.05) is 0 Å². The second-order valence-corrected chi connectivity index (χ2v) is 4.70. The first-order valence-electron chi connectivity index (χ1n) is 7.05. The summed E-state index contributed by atoms with van der Waals surface area (Å²) in [5, 5.41) is 3.05. The lowest BCUT2D eigenvalue weighted by molar-refractivity contribution is -0.143. The fourth-order valence-corrected chi connectivity index (χ4v) is 1.83. The summed E-state index contributed by atoms with van der Waals surface area (Å²) in [6.07, 6.45) is 0. The predicted molar refractivity (Wildman–Crippen MR) is 82.6 cm³/mol. The zero-order valence-corrected chi connectivity index (χ0v) is 12.5. The van der Waals surface area contributed by atoms with Gasteiger partial charge in [0.05, 0.1) is 6.61 Å². The van der Waals surface area contributed by atoms with E-state index in [4.69, 9.17) is 9.47 Å². The third-order valence-corrected chi connectivity index (χ3v) is 2.93. The van der Waals surface area contributed by atoms with E-state index in [-0.39, 0.29) is 11.8 Å². The van der Waals surface area contributed by atoms with Crippen molar-refractivity contribution in [1.82, 2.24) is 0 Å². The molecule has 0 saturated carbocycles. The molecule has 0 spiro atoms. The van der Waals surface area contributed by atoms with Crippen LogP contribution in [0.2, 0.25) is 0 Å². The minimum atomic E-state index is -0.427. The van der Waals surface area contributed by atoms with Crippen molar-refractivity contribution in [3.63, 3.8) is 0 Å². The summed E-state index contributed by atoms with van der Waals surface area (Å²) in [5.74, 6) is 0.580. The summed E-state index contributed by atoms with van der Waals surface area (Å²) in [6.45, 7) is 3.86. The van der Waals surface area contributed by atoms with E-state index in [2.05, 4.69) is 5.32 Å². The summed E-state index contributed by atoms with van der Waals surface area (Å²) >= 11 is 0. The fraction of sp³-hybridized carbons (Fsp3) is 0.235. The van der Waals surface area contributed by atoms with Crippen LogP contribution < -0.4 is 10.1 Å². The second kappa shape index (κ2) is 7.45. The molecule has 5 heteroatoms. The first-order chi connectivity index (χ1) is 10.6. The molecule has 2 aromatic rings. The van der Waals surface area contributed by atoms with E-state index in [0.29, 0.717) is 18.1 Å². The van der Waals surface area contributed by atoms with Gasteiger partial charge in [0.2, 0.25) is 0 Å². The molecule has 0 aliphatic rings. The van der Waals surface area contributed by atoms with Crippen LogP contribution in [0.1, 0.15) is 13.8 Å². The molecule has 2 rings (SSSR count). The van der Waals surface area contributed by atoms with E-state index in [1.54, 1.807) is 50.2 Å². The predicted octanol–water partition coefficient (Wildman–Crippen LogP) is 3.98. The topological polar surface area (TPSA) is 47.6 Å². The third kappa shape index (κ3) is 4.48. The highest BCUT2D eigenvalue weighted by Crippen LogP contribution is 2.23. The zero-order chi connectivity index (χ0) is 15.9. The molecule has 0 amide bonds. The van der Waals surface area contributed by atoms with Crippen LogP contribution in [0.25, 0.3) is 0 Å². The van der Waals surface area contributed by atoms with Crippen LogP contribution in [0, 0.1) is 5.82 Å². The molecule has 0 unspecified atom stereocenters. The number of carbonyl (C=O) groups is 1. The summed E-state index contributed by atoms with van der Waals surface area (Å²) < 4.78 is 23.3. The summed E-state index contributed by atoms with van der Waals surface area (Å²) in [7, 11) is 0. The minimum absolute atomic E-state index is 0.297. The van der Waals surface area contributed by atoms with Crippen molar-refractivity contribution in [3.05, 3.63) is 54.3 Å². The standard InChI is InChI=1S/C17H18FNO3/c1-3-21-17(20)12(2)19-14-6-10-16(11-7-14)22-15-8-4-13(18)5-9-15/h4-12,19H,3H2,1-2H3/t12-/m0/s1. The number of ether oxygens (including phenoxy) is 2. The number of anilines is 1. The maximum atomic E-state index is 12.8. The smallest absolute Gasteiger partial charge is 0.328 e. The molecule has 2 aromatic carbocycles. The first kappa shape index (κ1) is 15.8. The Balaban J connectivity index is 1.95. The Morgan fingerprint density at radius 3 is 2.18 bits per heavy atom. The van der Waals surface area contributed by atoms with Gasteiger partial charge < -0.3 is 14.8 Å². The van der Waals surface area contributed by atoms with Gasteiger partial charge in [0, 0.05) is 5.69 Å². The number of hydrogen-bond donors (Lipinski definition) is 1. The Morgan fingerprint density at radius 2 is 1.64 bits per heavy atom. The number of carbonyl (C=O) groups excluding carboxylic acids is 1. The van der Waals surface area contributed by atoms with Gasteiger partial charge in [-0.2, -0.15) is 0 Å². The molecule has 0 heterocycles. The van der Waals surface area contributed by atoms with Crippen LogP contribution in [0.3, 0.4) is 0 Å². The maximum absolute atomic E-state index is 12.8. The van der Waals surface area contributed by atoms with E-state index in [0.717, 1.165) is 5.69 Å². The van der Waals surface area contributed by atoms with Crippen LogP contribution in [-0.2, 0) is 9.53 Å². The van der Waals surface area contributed by atoms with Gasteiger partial charge in [-0.25, -0.2) is 9.18 Å². The van der Waals surface area contributed by atoms with Gasteiger partial charge in [0.1, 0.15) is 23.4 Å². The monoisotopic (exact) mass is 303 g/mol. The molecule has 0 fully saturated rings. The summed E-state index contributed by atoms with van der Waals surface area (Å²) in [5.41, 5.74) is 0.784. The minimum Gasteiger partial charge on any atom is -0.464 e. The number of hydrogen-bond acceptors (Lipinski definition) is 4. The van der Waals surface area contributed by atoms with E-state index < -0.39 is 6.04 Å². The Hall–Kier alpha value is -2.56.